The van der Waals surface area contributed by atoms with Crippen LogP contribution in [0.25, 0.3) is 0 Å². The molecule has 1 fully saturated rings. The largest absolute Gasteiger partial charge is 0.328 e. The van der Waals surface area contributed by atoms with Gasteiger partial charge in [0, 0.05) is 12.0 Å². The monoisotopic (exact) mass is 209 g/mol. The van der Waals surface area contributed by atoms with Gasteiger partial charge in [0.15, 0.2) is 5.78 Å². The number of carbonyl (C=O) groups excluding carboxylic acids is 1. The number of carbonyl (C=O) groups is 1. The Morgan fingerprint density at radius 3 is 3.00 bits per heavy atom. The second-order valence-electron chi connectivity index (χ2n) is 3.97. The highest BCUT2D eigenvalue weighted by molar-refractivity contribution is 7.12. The van der Waals surface area contributed by atoms with E-state index in [0.717, 1.165) is 30.6 Å². The number of ketones is 1. The van der Waals surface area contributed by atoms with Crippen LogP contribution in [0.5, 0.6) is 0 Å². The van der Waals surface area contributed by atoms with Gasteiger partial charge in [-0.3, -0.25) is 4.79 Å². The SMILES string of the molecule is NC1CCCC(C(=O)c2cccs2)C1. The van der Waals surface area contributed by atoms with Crippen molar-refractivity contribution in [3.05, 3.63) is 22.4 Å². The van der Waals surface area contributed by atoms with Crippen LogP contribution < -0.4 is 5.73 Å². The van der Waals surface area contributed by atoms with Crippen molar-refractivity contribution in [1.29, 1.82) is 0 Å². The number of Topliss-reactive ketones (excluding diaryl/α,β-unsaturated/α-hetero) is 1. The fourth-order valence-corrected chi connectivity index (χ4v) is 2.83. The average Bonchev–Trinajstić information content (AvgIpc) is 2.69. The molecule has 0 aliphatic heterocycles. The highest BCUT2D eigenvalue weighted by Crippen LogP contribution is 2.27. The first-order chi connectivity index (χ1) is 6.77. The molecule has 1 aromatic rings. The quantitative estimate of drug-likeness (QED) is 0.760. The normalized spacial score (nSPS) is 27.5. The molecule has 0 saturated heterocycles. The van der Waals surface area contributed by atoms with Gasteiger partial charge in [-0.05, 0) is 30.7 Å². The lowest BCUT2D eigenvalue weighted by atomic mass is 9.83. The molecule has 0 bridgehead atoms. The minimum Gasteiger partial charge on any atom is -0.328 e. The van der Waals surface area contributed by atoms with E-state index in [2.05, 4.69) is 0 Å². The highest BCUT2D eigenvalue weighted by Gasteiger charge is 2.26. The van der Waals surface area contributed by atoms with Crippen molar-refractivity contribution < 1.29 is 4.79 Å². The molecule has 0 aromatic carbocycles. The van der Waals surface area contributed by atoms with Gasteiger partial charge in [0.1, 0.15) is 0 Å². The Morgan fingerprint density at radius 2 is 2.36 bits per heavy atom. The Hall–Kier alpha value is -0.670. The second-order valence-corrected chi connectivity index (χ2v) is 4.91. The maximum Gasteiger partial charge on any atom is 0.175 e. The summed E-state index contributed by atoms with van der Waals surface area (Å²) in [5, 5.41) is 1.95. The fourth-order valence-electron chi connectivity index (χ4n) is 2.09. The van der Waals surface area contributed by atoms with E-state index in [0.29, 0.717) is 5.78 Å². The molecule has 0 spiro atoms. The summed E-state index contributed by atoms with van der Waals surface area (Å²) in [5.74, 6) is 0.479. The molecule has 2 rings (SSSR count). The average molecular weight is 209 g/mol. The van der Waals surface area contributed by atoms with Crippen LogP contribution in [0, 0.1) is 5.92 Å². The molecular formula is C11H15NOS. The first-order valence-corrected chi connectivity index (χ1v) is 5.98. The van der Waals surface area contributed by atoms with Crippen molar-refractivity contribution in [3.63, 3.8) is 0 Å². The molecule has 3 heteroatoms. The molecule has 1 heterocycles. The number of hydrogen-bond acceptors (Lipinski definition) is 3. The van der Waals surface area contributed by atoms with Crippen molar-refractivity contribution in [2.75, 3.05) is 0 Å². The lowest BCUT2D eigenvalue weighted by Gasteiger charge is -2.24. The molecule has 2 nitrogen and oxygen atoms in total. The zero-order valence-corrected chi connectivity index (χ0v) is 8.93. The summed E-state index contributed by atoms with van der Waals surface area (Å²) < 4.78 is 0. The van der Waals surface area contributed by atoms with Crippen LogP contribution in [-0.2, 0) is 0 Å². The van der Waals surface area contributed by atoms with E-state index in [1.54, 1.807) is 0 Å². The zero-order chi connectivity index (χ0) is 9.97. The molecule has 2 atom stereocenters. The minimum atomic E-state index is 0.178. The molecule has 14 heavy (non-hydrogen) atoms. The summed E-state index contributed by atoms with van der Waals surface area (Å²) in [4.78, 5) is 12.9. The van der Waals surface area contributed by atoms with Gasteiger partial charge in [-0.15, -0.1) is 11.3 Å². The summed E-state index contributed by atoms with van der Waals surface area (Å²) in [6.07, 6.45) is 4.07. The fraction of sp³-hybridized carbons (Fsp3) is 0.545. The van der Waals surface area contributed by atoms with Crippen molar-refractivity contribution in [3.8, 4) is 0 Å². The number of thiophene rings is 1. The molecule has 1 aliphatic rings. The van der Waals surface area contributed by atoms with Gasteiger partial charge in [0.25, 0.3) is 0 Å². The van der Waals surface area contributed by atoms with Crippen molar-refractivity contribution >= 4 is 17.1 Å². The van der Waals surface area contributed by atoms with Gasteiger partial charge in [0.2, 0.25) is 0 Å². The maximum absolute atomic E-state index is 12.0. The molecule has 76 valence electrons. The molecule has 1 aliphatic carbocycles. The molecule has 1 aromatic heterocycles. The summed E-state index contributed by atoms with van der Waals surface area (Å²) in [6.45, 7) is 0. The van der Waals surface area contributed by atoms with Crippen LogP contribution in [0.15, 0.2) is 17.5 Å². The van der Waals surface area contributed by atoms with Gasteiger partial charge >= 0.3 is 0 Å². The molecular weight excluding hydrogens is 194 g/mol. The molecule has 0 radical (unpaired) electrons. The summed E-state index contributed by atoms with van der Waals surface area (Å²) in [6, 6.07) is 4.08. The highest BCUT2D eigenvalue weighted by atomic mass is 32.1. The van der Waals surface area contributed by atoms with Crippen LogP contribution >= 0.6 is 11.3 Å². The summed E-state index contributed by atoms with van der Waals surface area (Å²) in [5.41, 5.74) is 5.87. The standard InChI is InChI=1S/C11H15NOS/c12-9-4-1-3-8(7-9)11(13)10-5-2-6-14-10/h2,5-6,8-9H,1,3-4,7,12H2. The Morgan fingerprint density at radius 1 is 1.50 bits per heavy atom. The van der Waals surface area contributed by atoms with E-state index < -0.39 is 0 Å². The van der Waals surface area contributed by atoms with E-state index >= 15 is 0 Å². The van der Waals surface area contributed by atoms with Crippen molar-refractivity contribution in [1.82, 2.24) is 0 Å². The van der Waals surface area contributed by atoms with Crippen LogP contribution in [0.3, 0.4) is 0 Å². The van der Waals surface area contributed by atoms with E-state index in [-0.39, 0.29) is 12.0 Å². The Labute approximate surface area is 88.1 Å². The first kappa shape index (κ1) is 9.87. The van der Waals surface area contributed by atoms with Crippen LogP contribution in [0.4, 0.5) is 0 Å². The van der Waals surface area contributed by atoms with E-state index in [9.17, 15) is 4.79 Å². The predicted octanol–water partition coefficient (Wildman–Crippen LogP) is 2.45. The van der Waals surface area contributed by atoms with E-state index in [1.165, 1.54) is 11.3 Å². The van der Waals surface area contributed by atoms with Gasteiger partial charge in [-0.25, -0.2) is 0 Å². The van der Waals surface area contributed by atoms with Gasteiger partial charge in [-0.1, -0.05) is 12.5 Å². The van der Waals surface area contributed by atoms with Crippen LogP contribution in [-0.4, -0.2) is 11.8 Å². The Bertz CT molecular complexity index is 307. The van der Waals surface area contributed by atoms with Crippen molar-refractivity contribution in [2.24, 2.45) is 11.7 Å². The molecule has 0 amide bonds. The smallest absolute Gasteiger partial charge is 0.175 e. The van der Waals surface area contributed by atoms with Crippen LogP contribution in [0.2, 0.25) is 0 Å². The van der Waals surface area contributed by atoms with Gasteiger partial charge in [0.05, 0.1) is 4.88 Å². The Kier molecular flexibility index (Phi) is 2.99. The Balaban J connectivity index is 2.04. The minimum absolute atomic E-state index is 0.178. The first-order valence-electron chi connectivity index (χ1n) is 5.10. The summed E-state index contributed by atoms with van der Waals surface area (Å²) in [7, 11) is 0. The van der Waals surface area contributed by atoms with E-state index in [4.69, 9.17) is 5.73 Å². The van der Waals surface area contributed by atoms with Crippen molar-refractivity contribution in [2.45, 2.75) is 31.7 Å². The van der Waals surface area contributed by atoms with Gasteiger partial charge < -0.3 is 5.73 Å². The third-order valence-corrected chi connectivity index (χ3v) is 3.73. The number of rotatable bonds is 2. The third kappa shape index (κ3) is 2.04. The lowest BCUT2D eigenvalue weighted by molar-refractivity contribution is 0.0886. The number of nitrogens with two attached hydrogens (primary N) is 1. The maximum atomic E-state index is 12.0. The molecule has 2 N–H and O–H groups in total. The molecule has 1 saturated carbocycles. The topological polar surface area (TPSA) is 43.1 Å². The third-order valence-electron chi connectivity index (χ3n) is 2.85. The van der Waals surface area contributed by atoms with Crippen LogP contribution in [0.1, 0.15) is 35.4 Å². The lowest BCUT2D eigenvalue weighted by Crippen LogP contribution is -2.31. The molecule has 2 unspecified atom stereocenters. The zero-order valence-electron chi connectivity index (χ0n) is 8.11. The predicted molar refractivity (Wildman–Crippen MR) is 58.6 cm³/mol. The van der Waals surface area contributed by atoms with E-state index in [1.807, 2.05) is 17.5 Å². The second kappa shape index (κ2) is 4.24. The number of hydrogen-bond donors (Lipinski definition) is 1. The van der Waals surface area contributed by atoms with Gasteiger partial charge in [-0.2, -0.15) is 0 Å². The summed E-state index contributed by atoms with van der Waals surface area (Å²) >= 11 is 1.54.